The molecule has 0 atom stereocenters. The van der Waals surface area contributed by atoms with E-state index in [-0.39, 0.29) is 26.2 Å². The lowest BCUT2D eigenvalue weighted by Gasteiger charge is -2.09. The van der Waals surface area contributed by atoms with Crippen LogP contribution in [0.15, 0.2) is 43.4 Å². The van der Waals surface area contributed by atoms with Crippen molar-refractivity contribution < 1.29 is 9.59 Å². The van der Waals surface area contributed by atoms with Crippen LogP contribution in [0.5, 0.6) is 0 Å². The van der Waals surface area contributed by atoms with Crippen LogP contribution >= 0.6 is 0 Å². The van der Waals surface area contributed by atoms with Crippen molar-refractivity contribution in [2.75, 3.05) is 13.1 Å². The van der Waals surface area contributed by atoms with Crippen molar-refractivity contribution in [1.82, 2.24) is 30.2 Å². The number of rotatable bonds is 7. The number of carbonyl (C=O) groups is 2. The summed E-state index contributed by atoms with van der Waals surface area (Å²) < 4.78 is 1.71. The molecule has 0 aromatic carbocycles. The summed E-state index contributed by atoms with van der Waals surface area (Å²) in [7, 11) is 0. The standard InChI is InChI=1S/C14H16N6O6/c21-9-1-3-13(25)19(17-9)7-11(23)15-5-6-16-12(24)8-20-14(26)4-2-10(22)18-20/h1-4H,5-8H2,(H,15,23)(H,16,24)(H,17,21)(H,18,22). The molecule has 0 saturated heterocycles. The molecule has 0 fully saturated rings. The highest BCUT2D eigenvalue weighted by molar-refractivity contribution is 5.76. The Hall–Kier alpha value is -3.70. The van der Waals surface area contributed by atoms with Crippen molar-refractivity contribution in [1.29, 1.82) is 0 Å². The molecule has 26 heavy (non-hydrogen) atoms. The summed E-state index contributed by atoms with van der Waals surface area (Å²) in [6.45, 7) is -0.611. The molecule has 0 saturated carbocycles. The Morgan fingerprint density at radius 3 is 1.50 bits per heavy atom. The van der Waals surface area contributed by atoms with Crippen molar-refractivity contribution in [2.45, 2.75) is 13.1 Å². The number of H-pyrrole nitrogens is 2. The third-order valence-corrected chi connectivity index (χ3v) is 3.15. The Bertz CT molecular complexity index is 946. The van der Waals surface area contributed by atoms with Crippen LogP contribution in [0.25, 0.3) is 0 Å². The fraction of sp³-hybridized carbons (Fsp3) is 0.286. The molecule has 0 aliphatic heterocycles. The van der Waals surface area contributed by atoms with Crippen LogP contribution < -0.4 is 32.9 Å². The topological polar surface area (TPSA) is 168 Å². The fourth-order valence-corrected chi connectivity index (χ4v) is 1.96. The predicted octanol–water partition coefficient (Wildman–Crippen LogP) is -3.68. The van der Waals surface area contributed by atoms with Gasteiger partial charge in [0.2, 0.25) is 11.8 Å². The molecular weight excluding hydrogens is 348 g/mol. The number of carbonyl (C=O) groups excluding carboxylic acids is 2. The quantitative estimate of drug-likeness (QED) is 0.369. The second-order valence-corrected chi connectivity index (χ2v) is 5.17. The predicted molar refractivity (Wildman–Crippen MR) is 88.7 cm³/mol. The van der Waals surface area contributed by atoms with Gasteiger partial charge in [0.15, 0.2) is 0 Å². The van der Waals surface area contributed by atoms with Gasteiger partial charge in [0.05, 0.1) is 0 Å². The third-order valence-electron chi connectivity index (χ3n) is 3.15. The number of nitrogens with one attached hydrogen (secondary N) is 4. The lowest BCUT2D eigenvalue weighted by atomic mass is 10.5. The molecule has 2 rings (SSSR count). The molecule has 138 valence electrons. The molecule has 0 radical (unpaired) electrons. The molecule has 0 aliphatic carbocycles. The monoisotopic (exact) mass is 364 g/mol. The highest BCUT2D eigenvalue weighted by Gasteiger charge is 2.07. The molecule has 0 aliphatic rings. The van der Waals surface area contributed by atoms with Gasteiger partial charge in [-0.05, 0) is 0 Å². The van der Waals surface area contributed by atoms with Gasteiger partial charge < -0.3 is 10.6 Å². The number of hydrogen-bond donors (Lipinski definition) is 4. The Kier molecular flexibility index (Phi) is 6.03. The summed E-state index contributed by atoms with van der Waals surface area (Å²) in [5, 5.41) is 9.33. The van der Waals surface area contributed by atoms with Crippen molar-refractivity contribution in [2.24, 2.45) is 0 Å². The number of hydrogen-bond acceptors (Lipinski definition) is 6. The summed E-state index contributed by atoms with van der Waals surface area (Å²) in [6, 6.07) is 4.19. The maximum atomic E-state index is 11.7. The number of aromatic amines is 2. The molecule has 0 bridgehead atoms. The Balaban J connectivity index is 1.76. The first-order chi connectivity index (χ1) is 12.3. The highest BCUT2D eigenvalue weighted by Crippen LogP contribution is 1.76. The summed E-state index contributed by atoms with van der Waals surface area (Å²) in [6.07, 6.45) is 0. The number of nitrogens with zero attached hydrogens (tertiary/aromatic N) is 2. The van der Waals surface area contributed by atoms with Crippen molar-refractivity contribution in [3.05, 3.63) is 65.7 Å². The van der Waals surface area contributed by atoms with Gasteiger partial charge in [-0.15, -0.1) is 0 Å². The van der Waals surface area contributed by atoms with E-state index in [2.05, 4.69) is 20.8 Å². The van der Waals surface area contributed by atoms with Gasteiger partial charge in [0.1, 0.15) is 13.1 Å². The number of amides is 2. The maximum absolute atomic E-state index is 11.7. The smallest absolute Gasteiger partial charge is 0.265 e. The summed E-state index contributed by atoms with van der Waals surface area (Å²) in [5.41, 5.74) is -2.09. The van der Waals surface area contributed by atoms with E-state index in [4.69, 9.17) is 0 Å². The van der Waals surface area contributed by atoms with Gasteiger partial charge in [0, 0.05) is 37.4 Å². The average Bonchev–Trinajstić information content (AvgIpc) is 2.58. The molecular formula is C14H16N6O6. The molecule has 2 aromatic heterocycles. The summed E-state index contributed by atoms with van der Waals surface area (Å²) in [4.78, 5) is 68.5. The number of aromatic nitrogens is 4. The van der Waals surface area contributed by atoms with Gasteiger partial charge >= 0.3 is 0 Å². The van der Waals surface area contributed by atoms with Gasteiger partial charge in [0.25, 0.3) is 22.2 Å². The molecule has 12 nitrogen and oxygen atoms in total. The van der Waals surface area contributed by atoms with E-state index >= 15 is 0 Å². The first-order valence-corrected chi connectivity index (χ1v) is 7.49. The van der Waals surface area contributed by atoms with Gasteiger partial charge in [-0.3, -0.25) is 39.0 Å². The zero-order valence-electron chi connectivity index (χ0n) is 13.5. The van der Waals surface area contributed by atoms with E-state index in [0.29, 0.717) is 0 Å². The van der Waals surface area contributed by atoms with Gasteiger partial charge in [-0.25, -0.2) is 9.36 Å². The van der Waals surface area contributed by atoms with Crippen molar-refractivity contribution in [3.8, 4) is 0 Å². The van der Waals surface area contributed by atoms with E-state index in [9.17, 15) is 28.8 Å². The molecule has 0 spiro atoms. The summed E-state index contributed by atoms with van der Waals surface area (Å²) in [5.74, 6) is -1.07. The minimum atomic E-state index is -0.535. The Morgan fingerprint density at radius 1 is 0.731 bits per heavy atom. The lowest BCUT2D eigenvalue weighted by Crippen LogP contribution is -2.41. The SMILES string of the molecule is O=C(Cn1[nH]c(=O)ccc1=O)NCCNC(=O)Cn1[nH]c(=O)ccc1=O. The molecule has 4 N–H and O–H groups in total. The largest absolute Gasteiger partial charge is 0.353 e. The average molecular weight is 364 g/mol. The highest BCUT2D eigenvalue weighted by atomic mass is 16.2. The van der Waals surface area contributed by atoms with Crippen LogP contribution in [0.2, 0.25) is 0 Å². The first-order valence-electron chi connectivity index (χ1n) is 7.49. The van der Waals surface area contributed by atoms with Crippen LogP contribution in [0.4, 0.5) is 0 Å². The van der Waals surface area contributed by atoms with Crippen LogP contribution in [0.3, 0.4) is 0 Å². The van der Waals surface area contributed by atoms with Crippen LogP contribution in [0, 0.1) is 0 Å². The molecule has 0 unspecified atom stereocenters. The van der Waals surface area contributed by atoms with Crippen LogP contribution in [0.1, 0.15) is 0 Å². The lowest BCUT2D eigenvalue weighted by molar-refractivity contribution is -0.123. The molecule has 2 amide bonds. The molecule has 2 heterocycles. The summed E-state index contributed by atoms with van der Waals surface area (Å²) >= 11 is 0. The second kappa shape index (κ2) is 8.41. The zero-order valence-corrected chi connectivity index (χ0v) is 13.5. The van der Waals surface area contributed by atoms with E-state index in [0.717, 1.165) is 33.6 Å². The molecule has 2 aromatic rings. The minimum absolute atomic E-state index is 0.0661. The van der Waals surface area contributed by atoms with E-state index in [1.54, 1.807) is 0 Å². The van der Waals surface area contributed by atoms with E-state index in [1.807, 2.05) is 0 Å². The Labute approximate surface area is 144 Å². The second-order valence-electron chi connectivity index (χ2n) is 5.17. The molecule has 12 heteroatoms. The van der Waals surface area contributed by atoms with Gasteiger partial charge in [-0.1, -0.05) is 0 Å². The van der Waals surface area contributed by atoms with Crippen LogP contribution in [-0.2, 0) is 22.7 Å². The zero-order chi connectivity index (χ0) is 19.1. The van der Waals surface area contributed by atoms with E-state index in [1.165, 1.54) is 0 Å². The maximum Gasteiger partial charge on any atom is 0.265 e. The van der Waals surface area contributed by atoms with Gasteiger partial charge in [-0.2, -0.15) is 0 Å². The fourth-order valence-electron chi connectivity index (χ4n) is 1.96. The third kappa shape index (κ3) is 5.43. The van der Waals surface area contributed by atoms with Crippen LogP contribution in [-0.4, -0.2) is 44.5 Å². The van der Waals surface area contributed by atoms with Crippen molar-refractivity contribution >= 4 is 11.8 Å². The van der Waals surface area contributed by atoms with E-state index < -0.39 is 34.1 Å². The Morgan fingerprint density at radius 2 is 1.12 bits per heavy atom. The first kappa shape index (κ1) is 18.6. The van der Waals surface area contributed by atoms with Crippen molar-refractivity contribution in [3.63, 3.8) is 0 Å². The minimum Gasteiger partial charge on any atom is -0.353 e. The normalized spacial score (nSPS) is 10.3.